The molecule has 6 nitrogen and oxygen atoms in total. The highest BCUT2D eigenvalue weighted by Crippen LogP contribution is 2.33. The Morgan fingerprint density at radius 2 is 2.00 bits per heavy atom. The van der Waals surface area contributed by atoms with Gasteiger partial charge in [0.05, 0.1) is 11.5 Å². The number of nitrogens with one attached hydrogen (secondary N) is 1. The summed E-state index contributed by atoms with van der Waals surface area (Å²) in [5.74, 6) is 0.604. The highest BCUT2D eigenvalue weighted by molar-refractivity contribution is 5.50. The number of hydrogen-bond acceptors (Lipinski definition) is 5. The topological polar surface area (TPSA) is 73.6 Å². The molecule has 0 aromatic heterocycles. The molecule has 0 saturated heterocycles. The lowest BCUT2D eigenvalue weighted by Gasteiger charge is -2.25. The molecular weight excluding hydrogens is 339 g/mol. The molecule has 1 aliphatic rings. The first-order valence-corrected chi connectivity index (χ1v) is 8.45. The third kappa shape index (κ3) is 4.00. The highest BCUT2D eigenvalue weighted by atomic mass is 19.1. The Labute approximate surface area is 151 Å². The van der Waals surface area contributed by atoms with E-state index in [2.05, 4.69) is 19.2 Å². The van der Waals surface area contributed by atoms with Crippen LogP contribution < -0.4 is 10.1 Å². The maximum absolute atomic E-state index is 13.2. The van der Waals surface area contributed by atoms with Gasteiger partial charge in [-0.2, -0.15) is 0 Å². The molecule has 3 rings (SSSR count). The largest absolute Gasteiger partial charge is 0.467 e. The van der Waals surface area contributed by atoms with Crippen LogP contribution in [0.15, 0.2) is 36.4 Å². The second-order valence-electron chi connectivity index (χ2n) is 6.62. The van der Waals surface area contributed by atoms with Crippen LogP contribution in [0.25, 0.3) is 0 Å². The molecule has 2 aromatic carbocycles. The molecule has 0 fully saturated rings. The fourth-order valence-electron chi connectivity index (χ4n) is 3.15. The molecule has 7 heteroatoms. The van der Waals surface area contributed by atoms with E-state index in [0.29, 0.717) is 23.4 Å². The van der Waals surface area contributed by atoms with E-state index in [1.54, 1.807) is 12.1 Å². The van der Waals surface area contributed by atoms with Crippen LogP contribution in [0.3, 0.4) is 0 Å². The van der Waals surface area contributed by atoms with Gasteiger partial charge >= 0.3 is 0 Å². The SMILES string of the molecule is CC(C)[C@H](NCc1cc([N+](=O)[O-])cc2c1OCOC2)c1ccc(F)cc1. The van der Waals surface area contributed by atoms with Crippen molar-refractivity contribution < 1.29 is 18.8 Å². The number of nitro benzene ring substituents is 1. The van der Waals surface area contributed by atoms with Gasteiger partial charge in [-0.05, 0) is 23.6 Å². The lowest BCUT2D eigenvalue weighted by molar-refractivity contribution is -0.385. The van der Waals surface area contributed by atoms with Gasteiger partial charge in [0.1, 0.15) is 11.6 Å². The van der Waals surface area contributed by atoms with E-state index in [1.165, 1.54) is 24.3 Å². The number of halogens is 1. The van der Waals surface area contributed by atoms with Crippen LogP contribution in [0.2, 0.25) is 0 Å². The minimum atomic E-state index is -0.418. The molecule has 1 aliphatic heterocycles. The first kappa shape index (κ1) is 18.3. The van der Waals surface area contributed by atoms with Crippen LogP contribution in [0.5, 0.6) is 5.75 Å². The third-order valence-corrected chi connectivity index (χ3v) is 4.39. The third-order valence-electron chi connectivity index (χ3n) is 4.39. The molecule has 0 spiro atoms. The molecule has 1 atom stereocenters. The van der Waals surface area contributed by atoms with Gasteiger partial charge in [-0.25, -0.2) is 4.39 Å². The number of nitro groups is 1. The fourth-order valence-corrected chi connectivity index (χ4v) is 3.15. The average Bonchev–Trinajstić information content (AvgIpc) is 2.62. The fraction of sp³-hybridized carbons (Fsp3) is 0.368. The zero-order valence-electron chi connectivity index (χ0n) is 14.7. The highest BCUT2D eigenvalue weighted by Gasteiger charge is 2.22. The van der Waals surface area contributed by atoms with Gasteiger partial charge < -0.3 is 14.8 Å². The van der Waals surface area contributed by atoms with E-state index in [-0.39, 0.29) is 36.9 Å². The van der Waals surface area contributed by atoms with Crippen LogP contribution >= 0.6 is 0 Å². The minimum Gasteiger partial charge on any atom is -0.467 e. The number of benzene rings is 2. The molecule has 0 unspecified atom stereocenters. The molecule has 138 valence electrons. The summed E-state index contributed by atoms with van der Waals surface area (Å²) in [6.07, 6.45) is 0. The lowest BCUT2D eigenvalue weighted by atomic mass is 9.95. The van der Waals surface area contributed by atoms with Crippen LogP contribution in [0.1, 0.15) is 36.6 Å². The summed E-state index contributed by atoms with van der Waals surface area (Å²) >= 11 is 0. The van der Waals surface area contributed by atoms with E-state index in [1.807, 2.05) is 0 Å². The Morgan fingerprint density at radius 1 is 1.27 bits per heavy atom. The summed E-state index contributed by atoms with van der Waals surface area (Å²) in [6.45, 7) is 4.94. The monoisotopic (exact) mass is 360 g/mol. The van der Waals surface area contributed by atoms with Crippen molar-refractivity contribution in [3.05, 3.63) is 69.0 Å². The van der Waals surface area contributed by atoms with Crippen molar-refractivity contribution >= 4 is 5.69 Å². The standard InChI is InChI=1S/C19H21FN2O4/c1-12(2)18(13-3-5-16(20)6-4-13)21-9-14-7-17(22(23)24)8-15-10-25-11-26-19(14)15/h3-8,12,18,21H,9-11H2,1-2H3/t18-/m0/s1. The molecular formula is C19H21FN2O4. The maximum atomic E-state index is 13.2. The van der Waals surface area contributed by atoms with Gasteiger partial charge in [-0.1, -0.05) is 26.0 Å². The van der Waals surface area contributed by atoms with Crippen molar-refractivity contribution in [2.24, 2.45) is 5.92 Å². The summed E-state index contributed by atoms with van der Waals surface area (Å²) in [7, 11) is 0. The normalized spacial score (nSPS) is 14.6. The van der Waals surface area contributed by atoms with Gasteiger partial charge in [0.2, 0.25) is 0 Å². The predicted octanol–water partition coefficient (Wildman–Crippen LogP) is 4.09. The van der Waals surface area contributed by atoms with Gasteiger partial charge in [0, 0.05) is 35.8 Å². The van der Waals surface area contributed by atoms with Gasteiger partial charge in [-0.3, -0.25) is 10.1 Å². The summed E-state index contributed by atoms with van der Waals surface area (Å²) in [5, 5.41) is 14.6. The van der Waals surface area contributed by atoms with Crippen molar-refractivity contribution in [1.29, 1.82) is 0 Å². The Bertz CT molecular complexity index is 793. The Kier molecular flexibility index (Phi) is 5.49. The molecule has 1 N–H and O–H groups in total. The first-order valence-electron chi connectivity index (χ1n) is 8.45. The van der Waals surface area contributed by atoms with E-state index in [9.17, 15) is 14.5 Å². The smallest absolute Gasteiger partial charge is 0.270 e. The number of rotatable bonds is 6. The molecule has 26 heavy (non-hydrogen) atoms. The molecule has 2 aromatic rings. The van der Waals surface area contributed by atoms with Crippen LogP contribution in [-0.2, 0) is 17.9 Å². The number of ether oxygens (including phenoxy) is 2. The Balaban J connectivity index is 1.86. The van der Waals surface area contributed by atoms with Crippen molar-refractivity contribution in [2.45, 2.75) is 33.0 Å². The predicted molar refractivity (Wildman–Crippen MR) is 94.2 cm³/mol. The number of fused-ring (bicyclic) bond motifs is 1. The molecule has 0 radical (unpaired) electrons. The van der Waals surface area contributed by atoms with Crippen molar-refractivity contribution in [1.82, 2.24) is 5.32 Å². The lowest BCUT2D eigenvalue weighted by Crippen LogP contribution is -2.26. The zero-order valence-corrected chi connectivity index (χ0v) is 14.7. The molecule has 1 heterocycles. The van der Waals surface area contributed by atoms with Gasteiger partial charge in [0.15, 0.2) is 6.79 Å². The van der Waals surface area contributed by atoms with Gasteiger partial charge in [-0.15, -0.1) is 0 Å². The van der Waals surface area contributed by atoms with Crippen molar-refractivity contribution in [2.75, 3.05) is 6.79 Å². The quantitative estimate of drug-likeness (QED) is 0.620. The van der Waals surface area contributed by atoms with E-state index in [0.717, 1.165) is 5.56 Å². The number of non-ortho nitro benzene ring substituents is 1. The second kappa shape index (κ2) is 7.80. The van der Waals surface area contributed by atoms with Crippen LogP contribution in [0, 0.1) is 21.8 Å². The molecule has 0 bridgehead atoms. The maximum Gasteiger partial charge on any atom is 0.270 e. The zero-order chi connectivity index (χ0) is 18.7. The van der Waals surface area contributed by atoms with Crippen molar-refractivity contribution in [3.8, 4) is 5.75 Å². The van der Waals surface area contributed by atoms with E-state index < -0.39 is 4.92 Å². The van der Waals surface area contributed by atoms with Crippen LogP contribution in [0.4, 0.5) is 10.1 Å². The van der Waals surface area contributed by atoms with E-state index >= 15 is 0 Å². The summed E-state index contributed by atoms with van der Waals surface area (Å²) in [5.41, 5.74) is 2.36. The molecule has 0 aliphatic carbocycles. The molecule has 0 saturated carbocycles. The first-order chi connectivity index (χ1) is 12.5. The minimum absolute atomic E-state index is 0.0116. The number of nitrogens with zero attached hydrogens (tertiary/aromatic N) is 1. The van der Waals surface area contributed by atoms with Crippen molar-refractivity contribution in [3.63, 3.8) is 0 Å². The van der Waals surface area contributed by atoms with E-state index in [4.69, 9.17) is 9.47 Å². The second-order valence-corrected chi connectivity index (χ2v) is 6.62. The van der Waals surface area contributed by atoms with Crippen LogP contribution in [-0.4, -0.2) is 11.7 Å². The Morgan fingerprint density at radius 3 is 2.65 bits per heavy atom. The Hall–Kier alpha value is -2.51. The average molecular weight is 360 g/mol. The molecule has 0 amide bonds. The summed E-state index contributed by atoms with van der Waals surface area (Å²) < 4.78 is 24.0. The number of hydrogen-bond donors (Lipinski definition) is 1. The summed E-state index contributed by atoms with van der Waals surface area (Å²) in [4.78, 5) is 10.8. The van der Waals surface area contributed by atoms with Gasteiger partial charge in [0.25, 0.3) is 5.69 Å². The summed E-state index contributed by atoms with van der Waals surface area (Å²) in [6, 6.07) is 9.35.